The van der Waals surface area contributed by atoms with E-state index in [4.69, 9.17) is 4.74 Å². The minimum Gasteiger partial charge on any atom is -0.464 e. The molecule has 1 aromatic rings. The quantitative estimate of drug-likeness (QED) is 0.457. The Labute approximate surface area is 101 Å². The van der Waals surface area contributed by atoms with Crippen molar-refractivity contribution >= 4 is 12.3 Å². The van der Waals surface area contributed by atoms with Crippen molar-refractivity contribution in [2.24, 2.45) is 0 Å². The molecule has 17 heavy (non-hydrogen) atoms. The average Bonchev–Trinajstić information content (AvgIpc) is 2.58. The molecule has 1 aromatic heterocycles. The molecule has 92 valence electrons. The molecular weight excluding hydrogens is 218 g/mol. The zero-order valence-electron chi connectivity index (χ0n) is 10.6. The van der Waals surface area contributed by atoms with E-state index in [-0.39, 0.29) is 0 Å². The molecule has 0 aromatic carbocycles. The topological polar surface area (TPSA) is 48.3 Å². The summed E-state index contributed by atoms with van der Waals surface area (Å²) in [7, 11) is 1.31. The van der Waals surface area contributed by atoms with Gasteiger partial charge in [0, 0.05) is 12.2 Å². The van der Waals surface area contributed by atoms with Gasteiger partial charge in [-0.1, -0.05) is 12.2 Å². The SMILES string of the molecule is C/C=C/Cn1c(C)c(C)c(C=O)c1C(=O)OC. The van der Waals surface area contributed by atoms with E-state index >= 15 is 0 Å². The lowest BCUT2D eigenvalue weighted by Gasteiger charge is -2.07. The van der Waals surface area contributed by atoms with Gasteiger partial charge in [0.05, 0.1) is 12.7 Å². The molecule has 0 radical (unpaired) electrons. The molecule has 0 unspecified atom stereocenters. The molecular formula is C13H17NO3. The summed E-state index contributed by atoms with van der Waals surface area (Å²) in [4.78, 5) is 22.8. The maximum atomic E-state index is 11.7. The van der Waals surface area contributed by atoms with E-state index < -0.39 is 5.97 Å². The third kappa shape index (κ3) is 2.30. The maximum Gasteiger partial charge on any atom is 0.355 e. The molecule has 0 aliphatic heterocycles. The fraction of sp³-hybridized carbons (Fsp3) is 0.385. The Bertz CT molecular complexity index is 469. The second kappa shape index (κ2) is 5.48. The number of carbonyl (C=O) groups is 2. The van der Waals surface area contributed by atoms with Gasteiger partial charge >= 0.3 is 5.97 Å². The first-order valence-corrected chi connectivity index (χ1v) is 5.42. The molecule has 1 heterocycles. The molecule has 0 amide bonds. The van der Waals surface area contributed by atoms with E-state index in [0.717, 1.165) is 11.3 Å². The van der Waals surface area contributed by atoms with Gasteiger partial charge in [0.2, 0.25) is 0 Å². The largest absolute Gasteiger partial charge is 0.464 e. The van der Waals surface area contributed by atoms with E-state index in [1.165, 1.54) is 7.11 Å². The lowest BCUT2D eigenvalue weighted by Crippen LogP contribution is -2.13. The Morgan fingerprint density at radius 1 is 1.41 bits per heavy atom. The van der Waals surface area contributed by atoms with Crippen LogP contribution in [0.1, 0.15) is 39.0 Å². The van der Waals surface area contributed by atoms with Gasteiger partial charge in [-0.3, -0.25) is 4.79 Å². The van der Waals surface area contributed by atoms with Gasteiger partial charge in [0.15, 0.2) is 6.29 Å². The third-order valence-corrected chi connectivity index (χ3v) is 2.90. The lowest BCUT2D eigenvalue weighted by atomic mass is 10.1. The van der Waals surface area contributed by atoms with Crippen LogP contribution in [0.15, 0.2) is 12.2 Å². The maximum absolute atomic E-state index is 11.7. The fourth-order valence-electron chi connectivity index (χ4n) is 1.79. The van der Waals surface area contributed by atoms with Gasteiger partial charge in [-0.2, -0.15) is 0 Å². The van der Waals surface area contributed by atoms with Gasteiger partial charge in [0.1, 0.15) is 5.69 Å². The highest BCUT2D eigenvalue weighted by atomic mass is 16.5. The molecule has 0 fully saturated rings. The summed E-state index contributed by atoms with van der Waals surface area (Å²) in [6.45, 7) is 6.18. The normalized spacial score (nSPS) is 10.8. The number of esters is 1. The summed E-state index contributed by atoms with van der Waals surface area (Å²) in [6.07, 6.45) is 4.53. The van der Waals surface area contributed by atoms with E-state index in [1.54, 1.807) is 4.57 Å². The number of hydrogen-bond donors (Lipinski definition) is 0. The molecule has 0 atom stereocenters. The van der Waals surface area contributed by atoms with Crippen LogP contribution < -0.4 is 0 Å². The van der Waals surface area contributed by atoms with Crippen molar-refractivity contribution in [3.63, 3.8) is 0 Å². The van der Waals surface area contributed by atoms with Crippen molar-refractivity contribution in [2.45, 2.75) is 27.3 Å². The predicted octanol–water partition coefficient (Wildman–Crippen LogP) is 2.28. The average molecular weight is 235 g/mol. The highest BCUT2D eigenvalue weighted by molar-refractivity contribution is 5.98. The Morgan fingerprint density at radius 3 is 2.53 bits per heavy atom. The second-order valence-electron chi connectivity index (χ2n) is 3.76. The van der Waals surface area contributed by atoms with E-state index in [1.807, 2.05) is 32.9 Å². The monoisotopic (exact) mass is 235 g/mol. The van der Waals surface area contributed by atoms with Crippen LogP contribution in [0.4, 0.5) is 0 Å². The molecule has 0 saturated carbocycles. The summed E-state index contributed by atoms with van der Waals surface area (Å²) in [6, 6.07) is 0. The minimum atomic E-state index is -0.479. The van der Waals surface area contributed by atoms with Crippen LogP contribution >= 0.6 is 0 Å². The van der Waals surface area contributed by atoms with Crippen LogP contribution in [-0.2, 0) is 11.3 Å². The van der Waals surface area contributed by atoms with Gasteiger partial charge in [-0.15, -0.1) is 0 Å². The van der Waals surface area contributed by atoms with Crippen molar-refractivity contribution in [3.05, 3.63) is 34.7 Å². The van der Waals surface area contributed by atoms with E-state index in [0.29, 0.717) is 24.1 Å². The molecule has 0 N–H and O–H groups in total. The van der Waals surface area contributed by atoms with Crippen molar-refractivity contribution in [1.82, 2.24) is 4.57 Å². The van der Waals surface area contributed by atoms with Gasteiger partial charge in [0.25, 0.3) is 0 Å². The van der Waals surface area contributed by atoms with E-state index in [9.17, 15) is 9.59 Å². The number of methoxy groups -OCH3 is 1. The smallest absolute Gasteiger partial charge is 0.355 e. The number of hydrogen-bond acceptors (Lipinski definition) is 3. The summed E-state index contributed by atoms with van der Waals surface area (Å²) >= 11 is 0. The molecule has 0 spiro atoms. The standard InChI is InChI=1S/C13H17NO3/c1-5-6-7-14-10(3)9(2)11(8-15)12(14)13(16)17-4/h5-6,8H,7H2,1-4H3/b6-5+. The first-order chi connectivity index (χ1) is 8.08. The molecule has 0 aliphatic rings. The van der Waals surface area contributed by atoms with Crippen LogP contribution in [0.2, 0.25) is 0 Å². The Balaban J connectivity index is 3.44. The number of nitrogens with zero attached hydrogens (tertiary/aromatic N) is 1. The zero-order chi connectivity index (χ0) is 13.0. The number of carbonyl (C=O) groups excluding carboxylic acids is 2. The lowest BCUT2D eigenvalue weighted by molar-refractivity contribution is 0.0586. The number of aromatic nitrogens is 1. The van der Waals surface area contributed by atoms with Crippen LogP contribution in [0.5, 0.6) is 0 Å². The number of allylic oxidation sites excluding steroid dienone is 2. The Hall–Kier alpha value is -1.84. The fourth-order valence-corrected chi connectivity index (χ4v) is 1.79. The van der Waals surface area contributed by atoms with Gasteiger partial charge < -0.3 is 9.30 Å². The van der Waals surface area contributed by atoms with Crippen LogP contribution in [-0.4, -0.2) is 23.9 Å². The molecule has 1 rings (SSSR count). The third-order valence-electron chi connectivity index (χ3n) is 2.90. The first kappa shape index (κ1) is 13.2. The van der Waals surface area contributed by atoms with Crippen LogP contribution in [0.25, 0.3) is 0 Å². The highest BCUT2D eigenvalue weighted by Crippen LogP contribution is 2.21. The molecule has 4 nitrogen and oxygen atoms in total. The summed E-state index contributed by atoms with van der Waals surface area (Å²) < 4.78 is 6.52. The summed E-state index contributed by atoms with van der Waals surface area (Å²) in [5.41, 5.74) is 2.48. The summed E-state index contributed by atoms with van der Waals surface area (Å²) in [5.74, 6) is -0.479. The molecule has 4 heteroatoms. The van der Waals surface area contributed by atoms with Crippen molar-refractivity contribution in [2.75, 3.05) is 7.11 Å². The molecule has 0 bridgehead atoms. The van der Waals surface area contributed by atoms with Crippen LogP contribution in [0.3, 0.4) is 0 Å². The van der Waals surface area contributed by atoms with Crippen LogP contribution in [0, 0.1) is 13.8 Å². The highest BCUT2D eigenvalue weighted by Gasteiger charge is 2.22. The van der Waals surface area contributed by atoms with Gasteiger partial charge in [-0.05, 0) is 26.3 Å². The zero-order valence-corrected chi connectivity index (χ0v) is 10.6. The predicted molar refractivity (Wildman–Crippen MR) is 65.4 cm³/mol. The number of aldehydes is 1. The summed E-state index contributed by atoms with van der Waals surface area (Å²) in [5, 5.41) is 0. The number of rotatable bonds is 4. The Morgan fingerprint density at radius 2 is 2.06 bits per heavy atom. The van der Waals surface area contributed by atoms with Crippen molar-refractivity contribution < 1.29 is 14.3 Å². The first-order valence-electron chi connectivity index (χ1n) is 5.42. The molecule has 0 aliphatic carbocycles. The minimum absolute atomic E-state index is 0.329. The Kier molecular flexibility index (Phi) is 4.26. The molecule has 0 saturated heterocycles. The van der Waals surface area contributed by atoms with Crippen molar-refractivity contribution in [3.8, 4) is 0 Å². The number of ether oxygens (including phenoxy) is 1. The van der Waals surface area contributed by atoms with Gasteiger partial charge in [-0.25, -0.2) is 4.79 Å². The second-order valence-corrected chi connectivity index (χ2v) is 3.76. The van der Waals surface area contributed by atoms with Crippen molar-refractivity contribution in [1.29, 1.82) is 0 Å². The van der Waals surface area contributed by atoms with E-state index in [2.05, 4.69) is 0 Å².